The summed E-state index contributed by atoms with van der Waals surface area (Å²) in [5.41, 5.74) is 0.364. The maximum Gasteiger partial charge on any atom is 0.272 e. The number of carbonyl (C=O) groups is 1. The van der Waals surface area contributed by atoms with Gasteiger partial charge < -0.3 is 14.6 Å². The molecular formula is C21H20ClN3O3S. The number of hydrogen-bond donors (Lipinski definition) is 1. The molecule has 0 aliphatic rings. The van der Waals surface area contributed by atoms with E-state index < -0.39 is 11.0 Å². The number of ether oxygens (including phenoxy) is 1. The Balaban J connectivity index is 1.82. The first-order chi connectivity index (χ1) is 13.7. The van der Waals surface area contributed by atoms with E-state index in [0.717, 1.165) is 5.39 Å². The van der Waals surface area contributed by atoms with E-state index in [4.69, 9.17) is 27.3 Å². The average Bonchev–Trinajstić information content (AvgIpc) is 3.12. The standard InChI is InChI=1S/C21H20ClN3O3S/c1-6-13-8-14-9-15(10-16(22)18(14)23-11-13)27-20(29-5)19(26)24-21(3,4)17-7-12(2)28-25-17/h1,7-11,20H,2-5H3,(H,24,26). The van der Waals surface area contributed by atoms with E-state index in [2.05, 4.69) is 21.4 Å². The van der Waals surface area contributed by atoms with Gasteiger partial charge in [-0.15, -0.1) is 18.2 Å². The third-order valence-electron chi connectivity index (χ3n) is 4.25. The number of nitrogens with one attached hydrogen (secondary N) is 1. The number of carbonyl (C=O) groups excluding carboxylic acids is 1. The van der Waals surface area contributed by atoms with Crippen molar-refractivity contribution in [1.82, 2.24) is 15.5 Å². The van der Waals surface area contributed by atoms with Crippen molar-refractivity contribution in [3.63, 3.8) is 0 Å². The zero-order valence-corrected chi connectivity index (χ0v) is 18.0. The fourth-order valence-electron chi connectivity index (χ4n) is 2.75. The molecule has 8 heteroatoms. The molecule has 0 spiro atoms. The van der Waals surface area contributed by atoms with E-state index in [0.29, 0.717) is 33.3 Å². The molecule has 29 heavy (non-hydrogen) atoms. The maximum atomic E-state index is 12.8. The molecule has 0 radical (unpaired) electrons. The Kier molecular flexibility index (Phi) is 6.06. The predicted octanol–water partition coefficient (Wildman–Crippen LogP) is 4.29. The van der Waals surface area contributed by atoms with Crippen LogP contribution in [0.15, 0.2) is 35.0 Å². The van der Waals surface area contributed by atoms with Crippen molar-refractivity contribution >= 4 is 40.2 Å². The normalized spacial score (nSPS) is 12.4. The molecule has 2 aromatic heterocycles. The van der Waals surface area contributed by atoms with Crippen LogP contribution in [0.4, 0.5) is 0 Å². The molecule has 0 saturated heterocycles. The number of hydrogen-bond acceptors (Lipinski definition) is 6. The summed E-state index contributed by atoms with van der Waals surface area (Å²) in [6.07, 6.45) is 8.82. The Morgan fingerprint density at radius 3 is 2.76 bits per heavy atom. The minimum atomic E-state index is -0.792. The molecule has 0 aliphatic heterocycles. The fraction of sp³-hybridized carbons (Fsp3) is 0.286. The van der Waals surface area contributed by atoms with Crippen molar-refractivity contribution in [1.29, 1.82) is 0 Å². The number of aromatic nitrogens is 2. The number of terminal acetylenes is 1. The first kappa shape index (κ1) is 21.0. The second-order valence-electron chi connectivity index (χ2n) is 6.97. The monoisotopic (exact) mass is 429 g/mol. The first-order valence-electron chi connectivity index (χ1n) is 8.74. The van der Waals surface area contributed by atoms with Crippen LogP contribution in [0.1, 0.15) is 30.9 Å². The summed E-state index contributed by atoms with van der Waals surface area (Å²) >= 11 is 7.60. The fourth-order valence-corrected chi connectivity index (χ4v) is 3.50. The highest BCUT2D eigenvalue weighted by atomic mass is 35.5. The summed E-state index contributed by atoms with van der Waals surface area (Å²) in [4.78, 5) is 17.1. The van der Waals surface area contributed by atoms with Gasteiger partial charge in [0, 0.05) is 29.3 Å². The first-order valence-corrected chi connectivity index (χ1v) is 10.4. The summed E-state index contributed by atoms with van der Waals surface area (Å²) in [5.74, 6) is 3.37. The zero-order chi connectivity index (χ0) is 21.2. The largest absolute Gasteiger partial charge is 0.470 e. The topological polar surface area (TPSA) is 77.2 Å². The smallest absolute Gasteiger partial charge is 0.272 e. The summed E-state index contributed by atoms with van der Waals surface area (Å²) in [6.45, 7) is 5.49. The van der Waals surface area contributed by atoms with E-state index in [1.54, 1.807) is 43.6 Å². The number of amides is 1. The highest BCUT2D eigenvalue weighted by Crippen LogP contribution is 2.30. The lowest BCUT2D eigenvalue weighted by Crippen LogP contribution is -2.46. The van der Waals surface area contributed by atoms with E-state index >= 15 is 0 Å². The van der Waals surface area contributed by atoms with Gasteiger partial charge in [0.05, 0.1) is 16.1 Å². The van der Waals surface area contributed by atoms with Gasteiger partial charge in [-0.25, -0.2) is 0 Å². The van der Waals surface area contributed by atoms with Crippen LogP contribution in [0.25, 0.3) is 10.9 Å². The number of rotatable bonds is 6. The molecule has 1 atom stereocenters. The minimum Gasteiger partial charge on any atom is -0.470 e. The molecule has 1 N–H and O–H groups in total. The number of aryl methyl sites for hydroxylation is 1. The number of benzene rings is 1. The Morgan fingerprint density at radius 1 is 1.38 bits per heavy atom. The van der Waals surface area contributed by atoms with Gasteiger partial charge in [-0.1, -0.05) is 22.7 Å². The lowest BCUT2D eigenvalue weighted by molar-refractivity contribution is -0.126. The molecule has 1 aromatic carbocycles. The number of fused-ring (bicyclic) bond motifs is 1. The van der Waals surface area contributed by atoms with Crippen LogP contribution in [0.2, 0.25) is 5.02 Å². The van der Waals surface area contributed by atoms with E-state index in [-0.39, 0.29) is 5.91 Å². The van der Waals surface area contributed by atoms with Gasteiger partial charge in [0.1, 0.15) is 17.2 Å². The Labute approximate surface area is 178 Å². The number of nitrogens with zero attached hydrogens (tertiary/aromatic N) is 2. The molecule has 2 heterocycles. The van der Waals surface area contributed by atoms with Gasteiger partial charge in [0.2, 0.25) is 5.44 Å². The van der Waals surface area contributed by atoms with Crippen molar-refractivity contribution in [3.8, 4) is 18.1 Å². The van der Waals surface area contributed by atoms with Crippen LogP contribution >= 0.6 is 23.4 Å². The van der Waals surface area contributed by atoms with Gasteiger partial charge >= 0.3 is 0 Å². The molecule has 0 fully saturated rings. The molecule has 150 valence electrons. The third-order valence-corrected chi connectivity index (χ3v) is 5.28. The molecule has 0 aliphatic carbocycles. The van der Waals surface area contributed by atoms with E-state index in [1.165, 1.54) is 11.8 Å². The van der Waals surface area contributed by atoms with Crippen molar-refractivity contribution in [2.24, 2.45) is 0 Å². The van der Waals surface area contributed by atoms with Gasteiger partial charge in [0.15, 0.2) is 0 Å². The maximum absolute atomic E-state index is 12.8. The van der Waals surface area contributed by atoms with Gasteiger partial charge in [-0.3, -0.25) is 9.78 Å². The SMILES string of the molecule is C#Cc1cnc2c(Cl)cc(OC(SC)C(=O)NC(C)(C)c3cc(C)on3)cc2c1. The number of pyridine rings is 1. The van der Waals surface area contributed by atoms with Crippen molar-refractivity contribution in [2.45, 2.75) is 31.7 Å². The van der Waals surface area contributed by atoms with Crippen LogP contribution in [-0.2, 0) is 10.3 Å². The van der Waals surface area contributed by atoms with Crippen LogP contribution in [0.5, 0.6) is 5.75 Å². The molecule has 0 bridgehead atoms. The lowest BCUT2D eigenvalue weighted by atomic mass is 10.0. The quantitative estimate of drug-likeness (QED) is 0.465. The minimum absolute atomic E-state index is 0.296. The van der Waals surface area contributed by atoms with Crippen molar-refractivity contribution in [2.75, 3.05) is 6.26 Å². The molecule has 3 aromatic rings. The Morgan fingerprint density at radius 2 is 2.14 bits per heavy atom. The Hall–Kier alpha value is -2.69. The summed E-state index contributed by atoms with van der Waals surface area (Å²) in [6, 6.07) is 6.98. The second-order valence-corrected chi connectivity index (χ2v) is 8.27. The lowest BCUT2D eigenvalue weighted by Gasteiger charge is -2.26. The summed E-state index contributed by atoms with van der Waals surface area (Å²) in [5, 5.41) is 8.10. The van der Waals surface area contributed by atoms with Gasteiger partial charge in [-0.2, -0.15) is 0 Å². The molecule has 0 saturated carbocycles. The highest BCUT2D eigenvalue weighted by Gasteiger charge is 2.30. The molecule has 1 unspecified atom stereocenters. The van der Waals surface area contributed by atoms with Gasteiger partial charge in [0.25, 0.3) is 5.91 Å². The van der Waals surface area contributed by atoms with Crippen molar-refractivity contribution in [3.05, 3.63) is 52.5 Å². The van der Waals surface area contributed by atoms with Crippen LogP contribution < -0.4 is 10.1 Å². The number of halogens is 1. The highest BCUT2D eigenvalue weighted by molar-refractivity contribution is 7.99. The number of thioether (sulfide) groups is 1. The van der Waals surface area contributed by atoms with Crippen LogP contribution in [-0.4, -0.2) is 27.7 Å². The third kappa shape index (κ3) is 4.66. The molecular weight excluding hydrogens is 410 g/mol. The second kappa shape index (κ2) is 8.36. The summed E-state index contributed by atoms with van der Waals surface area (Å²) < 4.78 is 11.0. The molecule has 6 nitrogen and oxygen atoms in total. The van der Waals surface area contributed by atoms with Crippen LogP contribution in [0, 0.1) is 19.3 Å². The summed E-state index contributed by atoms with van der Waals surface area (Å²) in [7, 11) is 0. The zero-order valence-electron chi connectivity index (χ0n) is 16.4. The Bertz CT molecular complexity index is 1100. The van der Waals surface area contributed by atoms with Gasteiger partial charge in [-0.05, 0) is 39.2 Å². The van der Waals surface area contributed by atoms with Crippen LogP contribution in [0.3, 0.4) is 0 Å². The molecule has 3 rings (SSSR count). The molecule has 1 amide bonds. The average molecular weight is 430 g/mol. The van der Waals surface area contributed by atoms with E-state index in [9.17, 15) is 4.79 Å². The van der Waals surface area contributed by atoms with Crippen molar-refractivity contribution < 1.29 is 14.1 Å². The predicted molar refractivity (Wildman–Crippen MR) is 115 cm³/mol. The van der Waals surface area contributed by atoms with E-state index in [1.807, 2.05) is 13.8 Å².